The van der Waals surface area contributed by atoms with Crippen LogP contribution in [0.2, 0.25) is 0 Å². The van der Waals surface area contributed by atoms with E-state index in [0.717, 1.165) is 0 Å². The minimum absolute atomic E-state index is 0.155. The molecular weight excluding hydrogens is 216 g/mol. The Hall–Kier alpha value is -1.17. The standard InChI is InChI=1S/C9H12N2O3S/c1-7-9(2-3-15(7,13)14)11-6-10-4-8(11)5-12/h4-7,9H,2-3H2,1H3. The van der Waals surface area contributed by atoms with Gasteiger partial charge < -0.3 is 4.57 Å². The fourth-order valence-electron chi connectivity index (χ4n) is 1.99. The van der Waals surface area contributed by atoms with Crippen LogP contribution in [-0.2, 0) is 9.84 Å². The van der Waals surface area contributed by atoms with Gasteiger partial charge >= 0.3 is 0 Å². The smallest absolute Gasteiger partial charge is 0.168 e. The van der Waals surface area contributed by atoms with Crippen molar-refractivity contribution in [3.63, 3.8) is 0 Å². The first-order valence-corrected chi connectivity index (χ1v) is 6.46. The molecule has 2 rings (SSSR count). The van der Waals surface area contributed by atoms with E-state index in [1.165, 1.54) is 12.5 Å². The highest BCUT2D eigenvalue weighted by molar-refractivity contribution is 7.92. The van der Waals surface area contributed by atoms with Crippen molar-refractivity contribution in [2.75, 3.05) is 5.75 Å². The third-order valence-electron chi connectivity index (χ3n) is 2.98. The largest absolute Gasteiger partial charge is 0.324 e. The second-order valence-corrected chi connectivity index (χ2v) is 6.25. The van der Waals surface area contributed by atoms with Crippen molar-refractivity contribution in [2.24, 2.45) is 0 Å². The van der Waals surface area contributed by atoms with Crippen LogP contribution in [0.15, 0.2) is 12.5 Å². The van der Waals surface area contributed by atoms with Crippen molar-refractivity contribution in [3.05, 3.63) is 18.2 Å². The van der Waals surface area contributed by atoms with Crippen LogP contribution in [0.5, 0.6) is 0 Å². The SMILES string of the molecule is CC1C(n2cncc2C=O)CCS1(=O)=O. The summed E-state index contributed by atoms with van der Waals surface area (Å²) in [4.78, 5) is 14.6. The van der Waals surface area contributed by atoms with Gasteiger partial charge in [0.1, 0.15) is 5.69 Å². The van der Waals surface area contributed by atoms with Crippen LogP contribution in [0, 0.1) is 0 Å². The highest BCUT2D eigenvalue weighted by Crippen LogP contribution is 2.31. The number of rotatable bonds is 2. The fraction of sp³-hybridized carbons (Fsp3) is 0.556. The molecule has 0 aromatic carbocycles. The molecule has 1 fully saturated rings. The van der Waals surface area contributed by atoms with Gasteiger partial charge in [-0.2, -0.15) is 0 Å². The zero-order valence-corrected chi connectivity index (χ0v) is 9.14. The summed E-state index contributed by atoms with van der Waals surface area (Å²) in [6, 6.07) is -0.155. The lowest BCUT2D eigenvalue weighted by atomic mass is 10.1. The molecule has 0 amide bonds. The predicted molar refractivity (Wildman–Crippen MR) is 54.5 cm³/mol. The van der Waals surface area contributed by atoms with Crippen molar-refractivity contribution in [3.8, 4) is 0 Å². The molecule has 6 heteroatoms. The van der Waals surface area contributed by atoms with Crippen molar-refractivity contribution in [2.45, 2.75) is 24.6 Å². The highest BCUT2D eigenvalue weighted by Gasteiger charge is 2.38. The number of sulfone groups is 1. The quantitative estimate of drug-likeness (QED) is 0.689. The Kier molecular flexibility index (Phi) is 2.38. The predicted octanol–water partition coefficient (Wildman–Crippen LogP) is 0.444. The Balaban J connectivity index is 2.38. The van der Waals surface area contributed by atoms with Gasteiger partial charge in [0.25, 0.3) is 0 Å². The number of aromatic nitrogens is 2. The molecule has 82 valence electrons. The Morgan fingerprint density at radius 2 is 2.33 bits per heavy atom. The van der Waals surface area contributed by atoms with Gasteiger partial charge in [-0.3, -0.25) is 4.79 Å². The summed E-state index contributed by atoms with van der Waals surface area (Å²) < 4.78 is 24.7. The van der Waals surface area contributed by atoms with E-state index in [0.29, 0.717) is 18.4 Å². The van der Waals surface area contributed by atoms with E-state index in [-0.39, 0.29) is 11.8 Å². The van der Waals surface area contributed by atoms with Crippen LogP contribution < -0.4 is 0 Å². The van der Waals surface area contributed by atoms with E-state index in [4.69, 9.17) is 0 Å². The maximum absolute atomic E-state index is 11.5. The van der Waals surface area contributed by atoms with Gasteiger partial charge in [0.05, 0.1) is 29.6 Å². The first-order chi connectivity index (χ1) is 7.06. The molecule has 15 heavy (non-hydrogen) atoms. The lowest BCUT2D eigenvalue weighted by Gasteiger charge is -2.16. The fourth-order valence-corrected chi connectivity index (χ4v) is 3.68. The minimum Gasteiger partial charge on any atom is -0.324 e. The van der Waals surface area contributed by atoms with E-state index in [1.807, 2.05) is 0 Å². The Morgan fingerprint density at radius 1 is 1.60 bits per heavy atom. The number of imidazole rings is 1. The molecule has 2 unspecified atom stereocenters. The Labute approximate surface area is 88.0 Å². The van der Waals surface area contributed by atoms with Gasteiger partial charge in [0, 0.05) is 0 Å². The normalized spacial score (nSPS) is 29.1. The monoisotopic (exact) mass is 228 g/mol. The molecule has 0 aliphatic carbocycles. The average molecular weight is 228 g/mol. The summed E-state index contributed by atoms with van der Waals surface area (Å²) >= 11 is 0. The zero-order chi connectivity index (χ0) is 11.1. The highest BCUT2D eigenvalue weighted by atomic mass is 32.2. The van der Waals surface area contributed by atoms with Gasteiger partial charge in [0.15, 0.2) is 16.1 Å². The van der Waals surface area contributed by atoms with E-state index in [1.54, 1.807) is 11.5 Å². The molecular formula is C9H12N2O3S. The van der Waals surface area contributed by atoms with Gasteiger partial charge in [-0.15, -0.1) is 0 Å². The lowest BCUT2D eigenvalue weighted by molar-refractivity contribution is 0.111. The first-order valence-electron chi connectivity index (χ1n) is 4.75. The third-order valence-corrected chi connectivity index (χ3v) is 5.23. The third kappa shape index (κ3) is 1.58. The summed E-state index contributed by atoms with van der Waals surface area (Å²) in [5.74, 6) is 0.190. The van der Waals surface area contributed by atoms with Crippen molar-refractivity contribution >= 4 is 16.1 Å². The number of hydrogen-bond donors (Lipinski definition) is 0. The molecule has 0 N–H and O–H groups in total. The molecule has 1 aromatic heterocycles. The molecule has 0 saturated carbocycles. The van der Waals surface area contributed by atoms with Crippen molar-refractivity contribution < 1.29 is 13.2 Å². The van der Waals surface area contributed by atoms with Crippen LogP contribution in [0.1, 0.15) is 29.9 Å². The zero-order valence-electron chi connectivity index (χ0n) is 8.33. The maximum Gasteiger partial charge on any atom is 0.168 e. The van der Waals surface area contributed by atoms with E-state index < -0.39 is 15.1 Å². The van der Waals surface area contributed by atoms with Crippen LogP contribution in [0.4, 0.5) is 0 Å². The number of carbonyl (C=O) groups excluding carboxylic acids is 1. The summed E-state index contributed by atoms with van der Waals surface area (Å²) in [7, 11) is -2.99. The lowest BCUT2D eigenvalue weighted by Crippen LogP contribution is -2.22. The second kappa shape index (κ2) is 3.44. The van der Waals surface area contributed by atoms with Gasteiger partial charge in [0.2, 0.25) is 0 Å². The maximum atomic E-state index is 11.5. The molecule has 2 heterocycles. The summed E-state index contributed by atoms with van der Waals surface area (Å²) in [5, 5.41) is -0.439. The summed E-state index contributed by atoms with van der Waals surface area (Å²) in [5.41, 5.74) is 0.434. The first kappa shape index (κ1) is 10.4. The second-order valence-electron chi connectivity index (χ2n) is 3.77. The number of hydrogen-bond acceptors (Lipinski definition) is 4. The molecule has 1 saturated heterocycles. The van der Waals surface area contributed by atoms with Crippen molar-refractivity contribution in [1.82, 2.24) is 9.55 Å². The van der Waals surface area contributed by atoms with Crippen LogP contribution in [0.3, 0.4) is 0 Å². The van der Waals surface area contributed by atoms with Gasteiger partial charge in [-0.25, -0.2) is 13.4 Å². The van der Waals surface area contributed by atoms with Crippen LogP contribution in [-0.4, -0.2) is 35.3 Å². The molecule has 1 aromatic rings. The van der Waals surface area contributed by atoms with Crippen LogP contribution in [0.25, 0.3) is 0 Å². The Bertz CT molecular complexity index is 477. The Morgan fingerprint density at radius 3 is 2.87 bits per heavy atom. The summed E-state index contributed by atoms with van der Waals surface area (Å²) in [6.45, 7) is 1.68. The molecule has 0 radical (unpaired) electrons. The molecule has 1 aliphatic heterocycles. The minimum atomic E-state index is -2.99. The number of carbonyl (C=O) groups is 1. The van der Waals surface area contributed by atoms with E-state index in [9.17, 15) is 13.2 Å². The molecule has 0 bridgehead atoms. The van der Waals surface area contributed by atoms with E-state index in [2.05, 4.69) is 4.98 Å². The molecule has 2 atom stereocenters. The van der Waals surface area contributed by atoms with Gasteiger partial charge in [-0.05, 0) is 13.3 Å². The molecule has 1 aliphatic rings. The van der Waals surface area contributed by atoms with Crippen molar-refractivity contribution in [1.29, 1.82) is 0 Å². The molecule has 0 spiro atoms. The average Bonchev–Trinajstić information content (AvgIpc) is 2.74. The number of nitrogens with zero attached hydrogens (tertiary/aromatic N) is 2. The van der Waals surface area contributed by atoms with E-state index >= 15 is 0 Å². The molecule has 5 nitrogen and oxygen atoms in total. The number of aldehydes is 1. The van der Waals surface area contributed by atoms with Gasteiger partial charge in [-0.1, -0.05) is 0 Å². The van der Waals surface area contributed by atoms with Crippen LogP contribution >= 0.6 is 0 Å². The summed E-state index contributed by atoms with van der Waals surface area (Å²) in [6.07, 6.45) is 4.22. The topological polar surface area (TPSA) is 69.0 Å².